The number of alkyl halides is 3. The smallest absolute Gasteiger partial charge is 0.342 e. The predicted octanol–water partition coefficient (Wildman–Crippen LogP) is 3.89. The first kappa shape index (κ1) is 20.7. The Balaban J connectivity index is 1.44. The van der Waals surface area contributed by atoms with Crippen LogP contribution in [-0.2, 0) is 4.79 Å². The number of nitrogens with zero attached hydrogens (tertiary/aromatic N) is 2. The van der Waals surface area contributed by atoms with Crippen molar-refractivity contribution < 1.29 is 18.0 Å². The standard InChI is InChI=1S/C22H30F3N3O/c23-22(24,25)12-15-28-16-26-20(29)21(28)10-13-27(14-11-21)19-9-5-4-8-18(19)17-6-2-1-3-7-17/h1-3,6-7,18-19H,4-5,8-16H2,(H,26,29). The average molecular weight is 409 g/mol. The zero-order valence-electron chi connectivity index (χ0n) is 16.8. The Hall–Kier alpha value is -1.60. The van der Waals surface area contributed by atoms with Crippen LogP contribution in [0.15, 0.2) is 30.3 Å². The van der Waals surface area contributed by atoms with E-state index in [-0.39, 0.29) is 19.1 Å². The maximum Gasteiger partial charge on any atom is 0.390 e. The highest BCUT2D eigenvalue weighted by Crippen LogP contribution is 2.40. The van der Waals surface area contributed by atoms with Crippen LogP contribution in [0.4, 0.5) is 13.2 Å². The van der Waals surface area contributed by atoms with Crippen molar-refractivity contribution in [2.24, 2.45) is 0 Å². The number of amides is 1. The van der Waals surface area contributed by atoms with E-state index in [1.54, 1.807) is 4.90 Å². The zero-order valence-corrected chi connectivity index (χ0v) is 16.8. The highest BCUT2D eigenvalue weighted by molar-refractivity contribution is 5.88. The van der Waals surface area contributed by atoms with Gasteiger partial charge >= 0.3 is 6.18 Å². The number of carbonyl (C=O) groups is 1. The lowest BCUT2D eigenvalue weighted by atomic mass is 9.77. The van der Waals surface area contributed by atoms with E-state index in [2.05, 4.69) is 34.5 Å². The molecular formula is C22H30F3N3O. The molecule has 1 amide bonds. The Labute approximate surface area is 170 Å². The molecule has 4 rings (SSSR count). The van der Waals surface area contributed by atoms with E-state index in [1.165, 1.54) is 24.8 Å². The molecule has 1 saturated carbocycles. The van der Waals surface area contributed by atoms with Gasteiger partial charge in [-0.05, 0) is 37.2 Å². The Kier molecular flexibility index (Phi) is 5.89. The fourth-order valence-corrected chi connectivity index (χ4v) is 5.59. The monoisotopic (exact) mass is 409 g/mol. The van der Waals surface area contributed by atoms with Gasteiger partial charge in [-0.2, -0.15) is 13.2 Å². The van der Waals surface area contributed by atoms with Gasteiger partial charge in [0.25, 0.3) is 0 Å². The van der Waals surface area contributed by atoms with Gasteiger partial charge < -0.3 is 5.32 Å². The molecule has 2 heterocycles. The van der Waals surface area contributed by atoms with Crippen LogP contribution in [0.2, 0.25) is 0 Å². The van der Waals surface area contributed by atoms with Gasteiger partial charge in [0.05, 0.1) is 13.1 Å². The van der Waals surface area contributed by atoms with E-state index in [0.29, 0.717) is 24.8 Å². The first-order chi connectivity index (χ1) is 13.9. The van der Waals surface area contributed by atoms with E-state index >= 15 is 0 Å². The molecule has 2 unspecified atom stereocenters. The van der Waals surface area contributed by atoms with Crippen LogP contribution in [0.3, 0.4) is 0 Å². The average Bonchev–Trinajstić information content (AvgIpc) is 3.02. The van der Waals surface area contributed by atoms with Gasteiger partial charge in [0.2, 0.25) is 5.91 Å². The number of rotatable bonds is 4. The fraction of sp³-hybridized carbons (Fsp3) is 0.682. The first-order valence-corrected chi connectivity index (χ1v) is 10.8. The van der Waals surface area contributed by atoms with Gasteiger partial charge in [-0.25, -0.2) is 0 Å². The summed E-state index contributed by atoms with van der Waals surface area (Å²) in [7, 11) is 0. The molecule has 3 fully saturated rings. The summed E-state index contributed by atoms with van der Waals surface area (Å²) in [5.41, 5.74) is 0.612. The number of likely N-dealkylation sites (tertiary alicyclic amines) is 1. The topological polar surface area (TPSA) is 35.6 Å². The maximum atomic E-state index is 12.7. The molecule has 29 heavy (non-hydrogen) atoms. The van der Waals surface area contributed by atoms with Gasteiger partial charge in [0, 0.05) is 25.7 Å². The van der Waals surface area contributed by atoms with Gasteiger partial charge in [-0.3, -0.25) is 14.6 Å². The summed E-state index contributed by atoms with van der Waals surface area (Å²) in [6.45, 7) is 1.65. The van der Waals surface area contributed by atoms with Crippen molar-refractivity contribution in [2.75, 3.05) is 26.3 Å². The quantitative estimate of drug-likeness (QED) is 0.820. The molecule has 2 atom stereocenters. The van der Waals surface area contributed by atoms with Crippen LogP contribution < -0.4 is 5.32 Å². The number of piperidine rings is 1. The third kappa shape index (κ3) is 4.31. The molecule has 4 nitrogen and oxygen atoms in total. The van der Waals surface area contributed by atoms with E-state index in [0.717, 1.165) is 19.5 Å². The van der Waals surface area contributed by atoms with Crippen molar-refractivity contribution in [1.82, 2.24) is 15.1 Å². The second kappa shape index (κ2) is 8.26. The van der Waals surface area contributed by atoms with E-state index in [9.17, 15) is 18.0 Å². The van der Waals surface area contributed by atoms with Gasteiger partial charge in [-0.15, -0.1) is 0 Å². The Morgan fingerprint density at radius 3 is 2.45 bits per heavy atom. The molecule has 0 radical (unpaired) electrons. The lowest BCUT2D eigenvalue weighted by molar-refractivity contribution is -0.145. The lowest BCUT2D eigenvalue weighted by Crippen LogP contribution is -2.58. The summed E-state index contributed by atoms with van der Waals surface area (Å²) in [6.07, 6.45) is 0.925. The summed E-state index contributed by atoms with van der Waals surface area (Å²) >= 11 is 0. The number of nitrogens with one attached hydrogen (secondary N) is 1. The highest BCUT2D eigenvalue weighted by atomic mass is 19.4. The van der Waals surface area contributed by atoms with Crippen molar-refractivity contribution in [3.05, 3.63) is 35.9 Å². The molecule has 1 spiro atoms. The largest absolute Gasteiger partial charge is 0.390 e. The van der Waals surface area contributed by atoms with Gasteiger partial charge in [0.1, 0.15) is 5.54 Å². The van der Waals surface area contributed by atoms with Crippen molar-refractivity contribution in [3.8, 4) is 0 Å². The van der Waals surface area contributed by atoms with Gasteiger partial charge in [0.15, 0.2) is 0 Å². The van der Waals surface area contributed by atoms with Gasteiger partial charge in [-0.1, -0.05) is 43.2 Å². The van der Waals surface area contributed by atoms with Crippen LogP contribution in [-0.4, -0.2) is 59.8 Å². The minimum absolute atomic E-state index is 0.0948. The molecule has 1 aliphatic carbocycles. The third-order valence-corrected chi connectivity index (χ3v) is 7.18. The van der Waals surface area contributed by atoms with Crippen molar-refractivity contribution >= 4 is 5.91 Å². The summed E-state index contributed by atoms with van der Waals surface area (Å²) in [4.78, 5) is 16.8. The molecule has 2 saturated heterocycles. The second-order valence-corrected chi connectivity index (χ2v) is 8.73. The molecule has 0 aromatic heterocycles. The second-order valence-electron chi connectivity index (χ2n) is 8.73. The molecular weight excluding hydrogens is 379 g/mol. The molecule has 1 N–H and O–H groups in total. The molecule has 0 bridgehead atoms. The Bertz CT molecular complexity index is 701. The van der Waals surface area contributed by atoms with Crippen LogP contribution in [0.1, 0.15) is 56.4 Å². The van der Waals surface area contributed by atoms with E-state index < -0.39 is 18.1 Å². The van der Waals surface area contributed by atoms with Crippen LogP contribution in [0, 0.1) is 0 Å². The first-order valence-electron chi connectivity index (χ1n) is 10.8. The number of carbonyl (C=O) groups excluding carboxylic acids is 1. The minimum Gasteiger partial charge on any atom is -0.342 e. The SMILES string of the molecule is O=C1NCN(CCC(F)(F)F)C12CCN(C1CCCCC1c1ccccc1)CC2. The highest BCUT2D eigenvalue weighted by Gasteiger charge is 2.51. The Morgan fingerprint density at radius 2 is 1.76 bits per heavy atom. The lowest BCUT2D eigenvalue weighted by Gasteiger charge is -2.47. The molecule has 3 aliphatic rings. The summed E-state index contributed by atoms with van der Waals surface area (Å²) in [5.74, 6) is 0.403. The normalized spacial score (nSPS) is 28.6. The van der Waals surface area contributed by atoms with Crippen molar-refractivity contribution in [1.29, 1.82) is 0 Å². The number of halogens is 3. The van der Waals surface area contributed by atoms with E-state index in [1.807, 2.05) is 6.07 Å². The predicted molar refractivity (Wildman–Crippen MR) is 105 cm³/mol. The maximum absolute atomic E-state index is 12.7. The Morgan fingerprint density at radius 1 is 1.07 bits per heavy atom. The van der Waals surface area contributed by atoms with E-state index in [4.69, 9.17) is 0 Å². The molecule has 160 valence electrons. The summed E-state index contributed by atoms with van der Waals surface area (Å²) in [5, 5.41) is 2.80. The van der Waals surface area contributed by atoms with Crippen LogP contribution >= 0.6 is 0 Å². The minimum atomic E-state index is -4.20. The zero-order chi connectivity index (χ0) is 20.5. The molecule has 1 aromatic rings. The number of hydrogen-bond donors (Lipinski definition) is 1. The fourth-order valence-electron chi connectivity index (χ4n) is 5.59. The molecule has 2 aliphatic heterocycles. The molecule has 7 heteroatoms. The third-order valence-electron chi connectivity index (χ3n) is 7.18. The molecule has 1 aromatic carbocycles. The van der Waals surface area contributed by atoms with Crippen molar-refractivity contribution in [3.63, 3.8) is 0 Å². The number of benzene rings is 1. The van der Waals surface area contributed by atoms with Crippen LogP contribution in [0.25, 0.3) is 0 Å². The summed E-state index contributed by atoms with van der Waals surface area (Å²) in [6, 6.07) is 11.1. The number of hydrogen-bond acceptors (Lipinski definition) is 3. The van der Waals surface area contributed by atoms with Crippen LogP contribution in [0.5, 0.6) is 0 Å². The summed E-state index contributed by atoms with van der Waals surface area (Å²) < 4.78 is 38.2. The van der Waals surface area contributed by atoms with Crippen molar-refractivity contribution in [2.45, 2.75) is 68.6 Å².